The van der Waals surface area contributed by atoms with E-state index in [-0.39, 0.29) is 24.8 Å². The second-order valence-corrected chi connectivity index (χ2v) is 11.6. The minimum Gasteiger partial charge on any atom is -0.324 e. The molecule has 0 fully saturated rings. The second-order valence-electron chi connectivity index (χ2n) is 11.6. The number of hydrogen-bond acceptors (Lipinski definition) is 0. The third-order valence-electron chi connectivity index (χ3n) is 7.83. The summed E-state index contributed by atoms with van der Waals surface area (Å²) < 4.78 is 2.00. The summed E-state index contributed by atoms with van der Waals surface area (Å²) in [6.45, 7) is 13.8. The van der Waals surface area contributed by atoms with Crippen molar-refractivity contribution < 1.29 is 8.97 Å². The van der Waals surface area contributed by atoms with Gasteiger partial charge in [0.15, 0.2) is 0 Å². The van der Waals surface area contributed by atoms with Crippen molar-refractivity contribution in [1.29, 1.82) is 0 Å². The van der Waals surface area contributed by atoms with Crippen molar-refractivity contribution in [1.82, 2.24) is 0 Å². The zero-order valence-electron chi connectivity index (χ0n) is 23.7. The van der Waals surface area contributed by atoms with E-state index < -0.39 is 0 Å². The fourth-order valence-corrected chi connectivity index (χ4v) is 5.06. The monoisotopic (exact) mass is 530 g/mol. The smallest absolute Gasteiger partial charge is 0.105 e. The lowest BCUT2D eigenvalue weighted by atomic mass is 9.87. The highest BCUT2D eigenvalue weighted by atomic mass is 35.5. The summed E-state index contributed by atoms with van der Waals surface area (Å²) in [4.78, 5) is 0. The summed E-state index contributed by atoms with van der Waals surface area (Å²) in [5.74, 6) is 0. The molecular weight excluding hydrogens is 483 g/mol. The molecular formula is C32H48Cl2N2+2. The number of quaternary nitrogens is 2. The number of likely N-dealkylation sites (N-methyl/N-ethyl adjacent to an activating group) is 2. The van der Waals surface area contributed by atoms with Gasteiger partial charge in [-0.1, -0.05) is 60.7 Å². The fourth-order valence-electron chi connectivity index (χ4n) is 5.06. The Balaban J connectivity index is 0.00000324. The van der Waals surface area contributed by atoms with Crippen LogP contribution < -0.4 is 0 Å². The van der Waals surface area contributed by atoms with E-state index in [0.717, 1.165) is 48.0 Å². The molecule has 0 bridgehead atoms. The minimum absolute atomic E-state index is 0. The van der Waals surface area contributed by atoms with Gasteiger partial charge >= 0.3 is 0 Å². The zero-order valence-corrected chi connectivity index (χ0v) is 25.4. The van der Waals surface area contributed by atoms with E-state index in [0.29, 0.717) is 0 Å². The van der Waals surface area contributed by atoms with Crippen LogP contribution in [0.4, 0.5) is 0 Å². The average Bonchev–Trinajstić information content (AvgIpc) is 2.82. The zero-order chi connectivity index (χ0) is 24.9. The van der Waals surface area contributed by atoms with Crippen molar-refractivity contribution in [3.63, 3.8) is 0 Å². The molecule has 3 aromatic rings. The highest BCUT2D eigenvalue weighted by molar-refractivity contribution is 5.85. The van der Waals surface area contributed by atoms with E-state index in [1.807, 2.05) is 0 Å². The molecule has 198 valence electrons. The van der Waals surface area contributed by atoms with Gasteiger partial charge in [-0.15, -0.1) is 24.8 Å². The van der Waals surface area contributed by atoms with Gasteiger partial charge in [0.25, 0.3) is 0 Å². The van der Waals surface area contributed by atoms with Crippen LogP contribution in [-0.4, -0.2) is 50.2 Å². The molecule has 0 saturated carbocycles. The Morgan fingerprint density at radius 2 is 0.778 bits per heavy atom. The first kappa shape index (κ1) is 32.2. The van der Waals surface area contributed by atoms with Crippen molar-refractivity contribution in [3.8, 4) is 0 Å². The Morgan fingerprint density at radius 1 is 0.472 bits per heavy atom. The van der Waals surface area contributed by atoms with Gasteiger partial charge in [-0.05, 0) is 61.1 Å². The quantitative estimate of drug-likeness (QED) is 0.239. The summed E-state index contributed by atoms with van der Waals surface area (Å²) in [6.07, 6.45) is 2.23. The van der Waals surface area contributed by atoms with Gasteiger partial charge in [-0.3, -0.25) is 0 Å². The van der Waals surface area contributed by atoms with Crippen molar-refractivity contribution in [2.75, 3.05) is 41.3 Å². The van der Waals surface area contributed by atoms with E-state index in [4.69, 9.17) is 0 Å². The fraction of sp³-hybridized carbons (Fsp3) is 0.438. The molecule has 0 atom stereocenters. The summed E-state index contributed by atoms with van der Waals surface area (Å²) >= 11 is 0. The van der Waals surface area contributed by atoms with E-state index >= 15 is 0 Å². The molecule has 2 nitrogen and oxygen atoms in total. The van der Waals surface area contributed by atoms with Crippen molar-refractivity contribution in [2.24, 2.45) is 0 Å². The predicted octanol–water partition coefficient (Wildman–Crippen LogP) is 7.40. The summed E-state index contributed by atoms with van der Waals surface area (Å²) in [5, 5.41) is 0. The maximum atomic E-state index is 2.39. The molecule has 36 heavy (non-hydrogen) atoms. The SMILES string of the molecule is Cc1c(C)c(C)c(C[N+](C)(C)CCc2ccccc2)c(C[N+](C)(C)CCc2ccccc2)c1C.Cl.Cl. The van der Waals surface area contributed by atoms with E-state index in [1.165, 1.54) is 33.4 Å². The molecule has 3 rings (SSSR count). The third kappa shape index (κ3) is 8.63. The number of nitrogens with zero attached hydrogens (tertiary/aromatic N) is 2. The first-order valence-electron chi connectivity index (χ1n) is 12.8. The van der Waals surface area contributed by atoms with Crippen LogP contribution in [0.2, 0.25) is 0 Å². The lowest BCUT2D eigenvalue weighted by Crippen LogP contribution is -2.43. The summed E-state index contributed by atoms with van der Waals surface area (Å²) in [5.41, 5.74) is 11.9. The van der Waals surface area contributed by atoms with Crippen LogP contribution in [0.3, 0.4) is 0 Å². The average molecular weight is 532 g/mol. The van der Waals surface area contributed by atoms with Crippen LogP contribution in [0, 0.1) is 27.7 Å². The Morgan fingerprint density at radius 3 is 1.08 bits per heavy atom. The molecule has 0 aliphatic rings. The normalized spacial score (nSPS) is 11.6. The van der Waals surface area contributed by atoms with E-state index in [9.17, 15) is 0 Å². The summed E-state index contributed by atoms with van der Waals surface area (Å²) in [7, 11) is 9.58. The molecule has 0 N–H and O–H groups in total. The van der Waals surface area contributed by atoms with E-state index in [2.05, 4.69) is 117 Å². The largest absolute Gasteiger partial charge is 0.324 e. The van der Waals surface area contributed by atoms with Crippen molar-refractivity contribution in [2.45, 2.75) is 53.6 Å². The van der Waals surface area contributed by atoms with Gasteiger partial charge in [0, 0.05) is 24.0 Å². The Bertz CT molecular complexity index is 1000. The van der Waals surface area contributed by atoms with Gasteiger partial charge in [0.05, 0.1) is 41.3 Å². The van der Waals surface area contributed by atoms with Crippen LogP contribution in [0.5, 0.6) is 0 Å². The maximum Gasteiger partial charge on any atom is 0.105 e. The molecule has 0 spiro atoms. The highest BCUT2D eigenvalue weighted by Gasteiger charge is 2.27. The number of hydrogen-bond donors (Lipinski definition) is 0. The van der Waals surface area contributed by atoms with Crippen molar-refractivity contribution >= 4 is 24.8 Å². The highest BCUT2D eigenvalue weighted by Crippen LogP contribution is 2.31. The Hall–Kier alpha value is -1.84. The first-order valence-corrected chi connectivity index (χ1v) is 12.8. The molecule has 0 aliphatic carbocycles. The van der Waals surface area contributed by atoms with Gasteiger partial charge in [0.2, 0.25) is 0 Å². The summed E-state index contributed by atoms with van der Waals surface area (Å²) in [6, 6.07) is 21.8. The van der Waals surface area contributed by atoms with Crippen LogP contribution >= 0.6 is 24.8 Å². The molecule has 0 unspecified atom stereocenters. The molecule has 3 aromatic carbocycles. The van der Waals surface area contributed by atoms with Gasteiger partial charge < -0.3 is 8.97 Å². The molecule has 0 amide bonds. The predicted molar refractivity (Wildman–Crippen MR) is 162 cm³/mol. The topological polar surface area (TPSA) is 0 Å². The molecule has 4 heteroatoms. The van der Waals surface area contributed by atoms with Crippen LogP contribution in [-0.2, 0) is 25.9 Å². The number of halogens is 2. The lowest BCUT2D eigenvalue weighted by Gasteiger charge is -2.35. The first-order chi connectivity index (χ1) is 16.0. The molecule has 0 heterocycles. The van der Waals surface area contributed by atoms with Crippen LogP contribution in [0.25, 0.3) is 0 Å². The minimum atomic E-state index is 0. The van der Waals surface area contributed by atoms with Gasteiger partial charge in [-0.2, -0.15) is 0 Å². The second kappa shape index (κ2) is 13.6. The third-order valence-corrected chi connectivity index (χ3v) is 7.83. The Labute approximate surface area is 233 Å². The number of benzene rings is 3. The molecule has 0 aromatic heterocycles. The van der Waals surface area contributed by atoms with Crippen molar-refractivity contribution in [3.05, 3.63) is 105 Å². The van der Waals surface area contributed by atoms with Gasteiger partial charge in [-0.25, -0.2) is 0 Å². The molecule has 0 saturated heterocycles. The van der Waals surface area contributed by atoms with Crippen LogP contribution in [0.15, 0.2) is 60.7 Å². The standard InChI is InChI=1S/C32H46N2.2ClH/c1-25-26(2)28(4)32(24-34(7,8)22-20-30-17-13-10-14-18-30)31(27(25)3)23-33(5,6)21-19-29-15-11-9-12-16-29;;/h9-18H,19-24H2,1-8H3;2*1H/q+2;;. The Kier molecular flexibility index (Phi) is 12.2. The number of rotatable bonds is 10. The lowest BCUT2D eigenvalue weighted by molar-refractivity contribution is -0.907. The molecule has 0 radical (unpaired) electrons. The van der Waals surface area contributed by atoms with Crippen LogP contribution in [0.1, 0.15) is 44.5 Å². The molecule has 0 aliphatic heterocycles. The maximum absolute atomic E-state index is 2.39. The van der Waals surface area contributed by atoms with E-state index in [1.54, 1.807) is 11.1 Å². The van der Waals surface area contributed by atoms with Gasteiger partial charge in [0.1, 0.15) is 13.1 Å².